The first-order chi connectivity index (χ1) is 9.35. The van der Waals surface area contributed by atoms with Crippen LogP contribution >= 0.6 is 0 Å². The Hall–Kier alpha value is -1.69. The molecule has 0 bridgehead atoms. The average molecular weight is 280 g/mol. The molecule has 1 amide bonds. The summed E-state index contributed by atoms with van der Waals surface area (Å²) in [6.07, 6.45) is 5.68. The number of ether oxygens (including phenoxy) is 1. The average Bonchev–Trinajstić information content (AvgIpc) is 2.38. The minimum absolute atomic E-state index is 0.156. The van der Waals surface area contributed by atoms with Crippen molar-refractivity contribution in [3.63, 3.8) is 0 Å². The zero-order chi connectivity index (χ0) is 14.8. The van der Waals surface area contributed by atoms with Gasteiger partial charge in [0.1, 0.15) is 5.60 Å². The van der Waals surface area contributed by atoms with Crippen molar-refractivity contribution in [3.05, 3.63) is 24.0 Å². The second-order valence-corrected chi connectivity index (χ2v) is 6.12. The summed E-state index contributed by atoms with van der Waals surface area (Å²) < 4.78 is 5.38. The maximum absolute atomic E-state index is 12.0. The summed E-state index contributed by atoms with van der Waals surface area (Å²) in [5.41, 5.74) is 5.96. The Bertz CT molecular complexity index is 417. The van der Waals surface area contributed by atoms with E-state index in [2.05, 4.69) is 10.2 Å². The number of carbonyl (C=O) groups is 1. The fourth-order valence-corrected chi connectivity index (χ4v) is 2.22. The third kappa shape index (κ3) is 3.90. The van der Waals surface area contributed by atoms with Gasteiger partial charge in [0.05, 0.1) is 6.17 Å². The fraction of sp³-hybridized carbons (Fsp3) is 0.643. The van der Waals surface area contributed by atoms with Gasteiger partial charge in [0.2, 0.25) is 0 Å². The first-order valence-electron chi connectivity index (χ1n) is 6.97. The highest BCUT2D eigenvalue weighted by Gasteiger charge is 2.28. The number of piperazine rings is 1. The normalized spacial score (nSPS) is 24.1. The van der Waals surface area contributed by atoms with E-state index in [0.29, 0.717) is 13.1 Å². The highest BCUT2D eigenvalue weighted by Crippen LogP contribution is 2.13. The molecule has 2 rings (SSSR count). The number of dihydropyridines is 1. The van der Waals surface area contributed by atoms with E-state index in [0.717, 1.165) is 18.8 Å². The molecule has 1 saturated heterocycles. The molecule has 0 aromatic carbocycles. The van der Waals surface area contributed by atoms with Crippen LogP contribution in [0.25, 0.3) is 0 Å². The first kappa shape index (κ1) is 14.7. The molecule has 0 radical (unpaired) electrons. The molecule has 2 heterocycles. The van der Waals surface area contributed by atoms with Gasteiger partial charge in [-0.25, -0.2) is 4.79 Å². The maximum Gasteiger partial charge on any atom is 0.410 e. The quantitative estimate of drug-likeness (QED) is 0.744. The van der Waals surface area contributed by atoms with Crippen LogP contribution < -0.4 is 11.1 Å². The van der Waals surface area contributed by atoms with Crippen molar-refractivity contribution in [2.75, 3.05) is 26.2 Å². The van der Waals surface area contributed by atoms with E-state index < -0.39 is 5.60 Å². The van der Waals surface area contributed by atoms with Gasteiger partial charge >= 0.3 is 6.09 Å². The molecule has 0 spiro atoms. The number of allylic oxidation sites excluding steroid dienone is 1. The Morgan fingerprint density at radius 1 is 1.35 bits per heavy atom. The molecular formula is C14H24N4O2. The molecule has 0 saturated carbocycles. The molecule has 2 aliphatic heterocycles. The minimum Gasteiger partial charge on any atom is -0.444 e. The van der Waals surface area contributed by atoms with Crippen molar-refractivity contribution in [2.45, 2.75) is 32.5 Å². The molecular weight excluding hydrogens is 256 g/mol. The zero-order valence-corrected chi connectivity index (χ0v) is 12.4. The number of amides is 1. The molecule has 0 aliphatic carbocycles. The number of hydrogen-bond acceptors (Lipinski definition) is 5. The Morgan fingerprint density at radius 2 is 2.00 bits per heavy atom. The molecule has 1 unspecified atom stereocenters. The molecule has 0 aromatic heterocycles. The summed E-state index contributed by atoms with van der Waals surface area (Å²) in [4.78, 5) is 16.0. The number of hydrogen-bond donors (Lipinski definition) is 2. The maximum atomic E-state index is 12.0. The van der Waals surface area contributed by atoms with Gasteiger partial charge in [-0.15, -0.1) is 0 Å². The van der Waals surface area contributed by atoms with Crippen molar-refractivity contribution in [2.24, 2.45) is 5.73 Å². The number of nitrogens with one attached hydrogen (secondary N) is 1. The molecule has 6 nitrogen and oxygen atoms in total. The lowest BCUT2D eigenvalue weighted by atomic mass is 10.2. The van der Waals surface area contributed by atoms with Gasteiger partial charge in [0.15, 0.2) is 0 Å². The van der Waals surface area contributed by atoms with Gasteiger partial charge in [0.25, 0.3) is 0 Å². The second-order valence-electron chi connectivity index (χ2n) is 6.12. The van der Waals surface area contributed by atoms with E-state index in [9.17, 15) is 4.79 Å². The summed E-state index contributed by atoms with van der Waals surface area (Å²) in [6.45, 7) is 8.64. The van der Waals surface area contributed by atoms with Crippen LogP contribution in [-0.2, 0) is 4.74 Å². The first-order valence-corrected chi connectivity index (χ1v) is 6.97. The fourth-order valence-electron chi connectivity index (χ4n) is 2.22. The van der Waals surface area contributed by atoms with Crippen LogP contribution in [-0.4, -0.2) is 53.8 Å². The van der Waals surface area contributed by atoms with Gasteiger partial charge in [-0.3, -0.25) is 4.90 Å². The highest BCUT2D eigenvalue weighted by atomic mass is 16.6. The third-order valence-corrected chi connectivity index (χ3v) is 3.25. The number of nitrogens with two attached hydrogens (primary N) is 1. The van der Waals surface area contributed by atoms with E-state index in [4.69, 9.17) is 10.5 Å². The van der Waals surface area contributed by atoms with Crippen molar-refractivity contribution in [1.82, 2.24) is 15.1 Å². The van der Waals surface area contributed by atoms with Crippen LogP contribution in [0.3, 0.4) is 0 Å². The van der Waals surface area contributed by atoms with Crippen molar-refractivity contribution >= 4 is 6.09 Å². The lowest BCUT2D eigenvalue weighted by Crippen LogP contribution is -2.55. The van der Waals surface area contributed by atoms with Crippen molar-refractivity contribution < 1.29 is 9.53 Å². The van der Waals surface area contributed by atoms with Crippen LogP contribution in [0, 0.1) is 0 Å². The molecule has 2 aliphatic rings. The summed E-state index contributed by atoms with van der Waals surface area (Å²) in [5, 5.41) is 3.24. The van der Waals surface area contributed by atoms with E-state index >= 15 is 0 Å². The SMILES string of the molecule is CC(C)(C)OC(=O)N1CCN(C2C=CC(N)=CN2)CC1. The summed E-state index contributed by atoms with van der Waals surface area (Å²) in [7, 11) is 0. The molecule has 1 atom stereocenters. The Kier molecular flexibility index (Phi) is 4.23. The van der Waals surface area contributed by atoms with Gasteiger partial charge in [-0.1, -0.05) is 0 Å². The summed E-state index contributed by atoms with van der Waals surface area (Å²) >= 11 is 0. The molecule has 1 fully saturated rings. The standard InChI is InChI=1S/C14H24N4O2/c1-14(2,3)20-13(19)18-8-6-17(7-9-18)12-5-4-11(15)10-16-12/h4-5,10,12,16H,6-9,15H2,1-3H3. The van der Waals surface area contributed by atoms with E-state index in [1.165, 1.54) is 0 Å². The monoisotopic (exact) mass is 280 g/mol. The Labute approximate surface area is 120 Å². The third-order valence-electron chi connectivity index (χ3n) is 3.25. The predicted octanol–water partition coefficient (Wildman–Crippen LogP) is 0.825. The van der Waals surface area contributed by atoms with Crippen molar-refractivity contribution in [1.29, 1.82) is 0 Å². The van der Waals surface area contributed by atoms with Gasteiger partial charge in [0, 0.05) is 38.1 Å². The number of carbonyl (C=O) groups excluding carboxylic acids is 1. The Morgan fingerprint density at radius 3 is 2.50 bits per heavy atom. The second kappa shape index (κ2) is 5.75. The van der Waals surface area contributed by atoms with Crippen LogP contribution in [0.15, 0.2) is 24.0 Å². The van der Waals surface area contributed by atoms with Crippen LogP contribution in [0.5, 0.6) is 0 Å². The number of rotatable bonds is 1. The highest BCUT2D eigenvalue weighted by molar-refractivity contribution is 5.68. The van der Waals surface area contributed by atoms with E-state index in [1.807, 2.05) is 39.1 Å². The largest absolute Gasteiger partial charge is 0.444 e. The van der Waals surface area contributed by atoms with Gasteiger partial charge in [-0.2, -0.15) is 0 Å². The Balaban J connectivity index is 1.81. The van der Waals surface area contributed by atoms with E-state index in [1.54, 1.807) is 4.90 Å². The zero-order valence-electron chi connectivity index (χ0n) is 12.4. The van der Waals surface area contributed by atoms with Crippen LogP contribution in [0.1, 0.15) is 20.8 Å². The molecule has 0 aromatic rings. The molecule has 6 heteroatoms. The smallest absolute Gasteiger partial charge is 0.410 e. The van der Waals surface area contributed by atoms with Gasteiger partial charge in [-0.05, 0) is 32.9 Å². The summed E-state index contributed by atoms with van der Waals surface area (Å²) in [5.74, 6) is 0. The van der Waals surface area contributed by atoms with Gasteiger partial charge < -0.3 is 20.7 Å². The summed E-state index contributed by atoms with van der Waals surface area (Å²) in [6, 6.07) is 0. The van der Waals surface area contributed by atoms with E-state index in [-0.39, 0.29) is 12.3 Å². The lowest BCUT2D eigenvalue weighted by molar-refractivity contribution is 0.0114. The van der Waals surface area contributed by atoms with Crippen molar-refractivity contribution in [3.8, 4) is 0 Å². The topological polar surface area (TPSA) is 70.8 Å². The molecule has 112 valence electrons. The number of nitrogens with zero attached hydrogens (tertiary/aromatic N) is 2. The van der Waals surface area contributed by atoms with Crippen LogP contribution in [0.2, 0.25) is 0 Å². The predicted molar refractivity (Wildman–Crippen MR) is 77.7 cm³/mol. The van der Waals surface area contributed by atoms with Crippen LogP contribution in [0.4, 0.5) is 4.79 Å². The minimum atomic E-state index is -0.440. The lowest BCUT2D eigenvalue weighted by Gasteiger charge is -2.39. The molecule has 3 N–H and O–H groups in total. The molecule has 20 heavy (non-hydrogen) atoms.